The normalized spacial score (nSPS) is 14.5. The van der Waals surface area contributed by atoms with Crippen LogP contribution in [-0.2, 0) is 0 Å². The summed E-state index contributed by atoms with van der Waals surface area (Å²) in [6, 6.07) is 7.79. The molecule has 1 saturated carbocycles. The third-order valence-corrected chi connectivity index (χ3v) is 5.25. The largest absolute Gasteiger partial charge is 0.382 e. The number of carbonyl (C=O) groups excluding carboxylic acids is 1. The molecule has 3 aromatic rings. The van der Waals surface area contributed by atoms with Crippen LogP contribution in [-0.4, -0.2) is 15.8 Å². The van der Waals surface area contributed by atoms with E-state index in [9.17, 15) is 4.79 Å². The van der Waals surface area contributed by atoms with E-state index in [-0.39, 0.29) is 5.78 Å². The maximum absolute atomic E-state index is 12.2. The summed E-state index contributed by atoms with van der Waals surface area (Å²) in [7, 11) is 0. The molecule has 1 aromatic carbocycles. The zero-order chi connectivity index (χ0) is 16.5. The molecule has 4 rings (SSSR count). The average Bonchev–Trinajstić information content (AvgIpc) is 3.31. The van der Waals surface area contributed by atoms with Crippen molar-refractivity contribution >= 4 is 45.3 Å². The summed E-state index contributed by atoms with van der Waals surface area (Å²) in [6.45, 7) is 0. The SMILES string of the molecule is Nc1ncnc2c(/C=C/c3cccc(C(=O)CC4CC4)c3)csc12. The molecule has 0 spiro atoms. The van der Waals surface area contributed by atoms with Crippen LogP contribution in [0, 0.1) is 5.92 Å². The Morgan fingerprint density at radius 1 is 1.29 bits per heavy atom. The Kier molecular flexibility index (Phi) is 3.86. The van der Waals surface area contributed by atoms with Crippen molar-refractivity contribution in [3.8, 4) is 0 Å². The van der Waals surface area contributed by atoms with Gasteiger partial charge >= 0.3 is 0 Å². The van der Waals surface area contributed by atoms with Crippen molar-refractivity contribution in [2.75, 3.05) is 5.73 Å². The number of fused-ring (bicyclic) bond motifs is 1. The molecular formula is C19H17N3OS. The molecule has 0 aliphatic heterocycles. The molecule has 0 atom stereocenters. The molecule has 1 fully saturated rings. The fraction of sp³-hybridized carbons (Fsp3) is 0.211. The van der Waals surface area contributed by atoms with Crippen LogP contribution in [0.5, 0.6) is 0 Å². The molecule has 120 valence electrons. The lowest BCUT2D eigenvalue weighted by Gasteiger charge is -2.01. The van der Waals surface area contributed by atoms with Gasteiger partial charge < -0.3 is 5.73 Å². The average molecular weight is 335 g/mol. The van der Waals surface area contributed by atoms with Crippen LogP contribution in [0.3, 0.4) is 0 Å². The number of nitrogens with zero attached hydrogens (tertiary/aromatic N) is 2. The van der Waals surface area contributed by atoms with E-state index >= 15 is 0 Å². The Balaban J connectivity index is 1.58. The maximum atomic E-state index is 12.2. The molecule has 2 aromatic heterocycles. The molecule has 2 N–H and O–H groups in total. The highest BCUT2D eigenvalue weighted by Gasteiger charge is 2.24. The number of thiophene rings is 1. The summed E-state index contributed by atoms with van der Waals surface area (Å²) in [5, 5.41) is 2.02. The van der Waals surface area contributed by atoms with E-state index in [4.69, 9.17) is 5.73 Å². The van der Waals surface area contributed by atoms with Crippen LogP contribution in [0.4, 0.5) is 5.82 Å². The molecule has 0 radical (unpaired) electrons. The van der Waals surface area contributed by atoms with Gasteiger partial charge in [-0.1, -0.05) is 30.4 Å². The smallest absolute Gasteiger partial charge is 0.163 e. The highest BCUT2D eigenvalue weighted by atomic mass is 32.1. The van der Waals surface area contributed by atoms with Crippen LogP contribution in [0.1, 0.15) is 40.7 Å². The fourth-order valence-electron chi connectivity index (χ4n) is 2.71. The van der Waals surface area contributed by atoms with Crippen molar-refractivity contribution in [3.05, 3.63) is 52.7 Å². The first-order chi connectivity index (χ1) is 11.7. The first-order valence-corrected chi connectivity index (χ1v) is 8.87. The predicted molar refractivity (Wildman–Crippen MR) is 98.9 cm³/mol. The van der Waals surface area contributed by atoms with Gasteiger partial charge in [0.1, 0.15) is 12.1 Å². The number of Topliss-reactive ketones (excluding diaryl/α,β-unsaturated/α-hetero) is 1. The Morgan fingerprint density at radius 3 is 3.00 bits per heavy atom. The van der Waals surface area contributed by atoms with Gasteiger partial charge in [-0.15, -0.1) is 11.3 Å². The standard InChI is InChI=1S/C19H17N3OS/c20-19-18-17(21-11-22-19)15(10-24-18)7-6-12-2-1-3-14(8-12)16(23)9-13-4-5-13/h1-3,6-8,10-11,13H,4-5,9H2,(H2,20,21,22)/b7-6+. The van der Waals surface area contributed by atoms with Crippen molar-refractivity contribution < 1.29 is 4.79 Å². The molecule has 4 nitrogen and oxygen atoms in total. The molecule has 1 aliphatic rings. The van der Waals surface area contributed by atoms with E-state index in [1.165, 1.54) is 19.2 Å². The highest BCUT2D eigenvalue weighted by Crippen LogP contribution is 2.33. The van der Waals surface area contributed by atoms with Gasteiger partial charge in [-0.2, -0.15) is 0 Å². The van der Waals surface area contributed by atoms with E-state index in [2.05, 4.69) is 9.97 Å². The second-order valence-electron chi connectivity index (χ2n) is 6.16. The number of nitrogen functional groups attached to an aromatic ring is 1. The summed E-state index contributed by atoms with van der Waals surface area (Å²) < 4.78 is 0.908. The number of benzene rings is 1. The highest BCUT2D eigenvalue weighted by molar-refractivity contribution is 7.18. The van der Waals surface area contributed by atoms with Crippen molar-refractivity contribution in [1.29, 1.82) is 0 Å². The molecule has 24 heavy (non-hydrogen) atoms. The van der Waals surface area contributed by atoms with Gasteiger partial charge in [-0.3, -0.25) is 4.79 Å². The van der Waals surface area contributed by atoms with Crippen LogP contribution < -0.4 is 5.73 Å². The van der Waals surface area contributed by atoms with Crippen molar-refractivity contribution in [2.45, 2.75) is 19.3 Å². The molecule has 0 amide bonds. The van der Waals surface area contributed by atoms with Crippen molar-refractivity contribution in [3.63, 3.8) is 0 Å². The van der Waals surface area contributed by atoms with Gasteiger partial charge in [-0.25, -0.2) is 9.97 Å². The summed E-state index contributed by atoms with van der Waals surface area (Å²) in [5.41, 5.74) is 9.56. The number of rotatable bonds is 5. The number of hydrogen-bond acceptors (Lipinski definition) is 5. The van der Waals surface area contributed by atoms with Crippen LogP contribution in [0.15, 0.2) is 36.0 Å². The Bertz CT molecular complexity index is 941. The lowest BCUT2D eigenvalue weighted by Crippen LogP contribution is -1.99. The lowest BCUT2D eigenvalue weighted by atomic mass is 10.0. The topological polar surface area (TPSA) is 68.9 Å². The Morgan fingerprint density at radius 2 is 2.17 bits per heavy atom. The zero-order valence-electron chi connectivity index (χ0n) is 13.1. The summed E-state index contributed by atoms with van der Waals surface area (Å²) in [5.74, 6) is 1.37. The summed E-state index contributed by atoms with van der Waals surface area (Å²) in [6.07, 6.45) is 8.57. The van der Waals surface area contributed by atoms with Gasteiger partial charge in [-0.05, 0) is 30.4 Å². The monoisotopic (exact) mass is 335 g/mol. The number of anilines is 1. The second kappa shape index (κ2) is 6.17. The van der Waals surface area contributed by atoms with Gasteiger partial charge in [0.15, 0.2) is 5.78 Å². The molecule has 0 saturated heterocycles. The van der Waals surface area contributed by atoms with Crippen LogP contribution in [0.25, 0.3) is 22.4 Å². The van der Waals surface area contributed by atoms with Gasteiger partial charge in [0.25, 0.3) is 0 Å². The van der Waals surface area contributed by atoms with E-state index < -0.39 is 0 Å². The third kappa shape index (κ3) is 3.08. The van der Waals surface area contributed by atoms with Gasteiger partial charge in [0.05, 0.1) is 10.2 Å². The quantitative estimate of drug-likeness (QED) is 0.700. The number of aromatic nitrogens is 2. The second-order valence-corrected chi connectivity index (χ2v) is 7.04. The molecule has 5 heteroatoms. The lowest BCUT2D eigenvalue weighted by molar-refractivity contribution is 0.0976. The van der Waals surface area contributed by atoms with E-state index in [1.807, 2.05) is 41.8 Å². The number of nitrogens with two attached hydrogens (primary N) is 1. The molecular weight excluding hydrogens is 318 g/mol. The molecule has 0 bridgehead atoms. The minimum atomic E-state index is 0.245. The van der Waals surface area contributed by atoms with Crippen LogP contribution >= 0.6 is 11.3 Å². The minimum absolute atomic E-state index is 0.245. The summed E-state index contributed by atoms with van der Waals surface area (Å²) in [4.78, 5) is 20.6. The van der Waals surface area contributed by atoms with E-state index in [1.54, 1.807) is 11.3 Å². The van der Waals surface area contributed by atoms with Crippen molar-refractivity contribution in [2.24, 2.45) is 5.92 Å². The van der Waals surface area contributed by atoms with Gasteiger partial charge in [0, 0.05) is 22.9 Å². The number of hydrogen-bond donors (Lipinski definition) is 1. The summed E-state index contributed by atoms with van der Waals surface area (Å²) >= 11 is 1.54. The zero-order valence-corrected chi connectivity index (χ0v) is 13.9. The first-order valence-electron chi connectivity index (χ1n) is 8.00. The Labute approximate surface area is 144 Å². The minimum Gasteiger partial charge on any atom is -0.382 e. The van der Waals surface area contributed by atoms with E-state index in [0.717, 1.165) is 26.9 Å². The molecule has 2 heterocycles. The molecule has 0 unspecified atom stereocenters. The van der Waals surface area contributed by atoms with E-state index in [0.29, 0.717) is 18.2 Å². The van der Waals surface area contributed by atoms with Gasteiger partial charge in [0.2, 0.25) is 0 Å². The third-order valence-electron chi connectivity index (χ3n) is 4.24. The first kappa shape index (κ1) is 15.0. The molecule has 1 aliphatic carbocycles. The number of carbonyl (C=O) groups is 1. The van der Waals surface area contributed by atoms with Crippen LogP contribution in [0.2, 0.25) is 0 Å². The number of ketones is 1. The predicted octanol–water partition coefficient (Wildman–Crippen LogP) is 4.43. The Hall–Kier alpha value is -2.53. The fourth-order valence-corrected chi connectivity index (χ4v) is 3.60. The van der Waals surface area contributed by atoms with Crippen molar-refractivity contribution in [1.82, 2.24) is 9.97 Å². The maximum Gasteiger partial charge on any atom is 0.163 e.